The van der Waals surface area contributed by atoms with Gasteiger partial charge < -0.3 is 10.4 Å². The Hall–Kier alpha value is -2.29. The van der Waals surface area contributed by atoms with Crippen molar-refractivity contribution in [2.24, 2.45) is 0 Å². The van der Waals surface area contributed by atoms with Gasteiger partial charge >= 0.3 is 5.97 Å². The predicted octanol–water partition coefficient (Wildman–Crippen LogP) is 4.30. The molecule has 0 bridgehead atoms. The van der Waals surface area contributed by atoms with Gasteiger partial charge in [0.25, 0.3) is 0 Å². The number of hydrogen-bond acceptors (Lipinski definition) is 2. The first-order chi connectivity index (χ1) is 10.1. The number of aryl methyl sites for hydroxylation is 1. The Kier molecular flexibility index (Phi) is 4.99. The summed E-state index contributed by atoms with van der Waals surface area (Å²) in [6, 6.07) is 15.8. The van der Waals surface area contributed by atoms with E-state index >= 15 is 0 Å². The number of rotatable bonds is 6. The van der Waals surface area contributed by atoms with Gasteiger partial charge in [0, 0.05) is 12.2 Å². The molecule has 2 N–H and O–H groups in total. The fourth-order valence-corrected chi connectivity index (χ4v) is 2.36. The summed E-state index contributed by atoms with van der Waals surface area (Å²) in [5.41, 5.74) is 3.29. The Morgan fingerprint density at radius 2 is 1.90 bits per heavy atom. The number of anilines is 1. The smallest absolute Gasteiger partial charge is 0.337 e. The lowest BCUT2D eigenvalue weighted by Crippen LogP contribution is -2.10. The monoisotopic (exact) mass is 283 g/mol. The molecule has 0 saturated heterocycles. The van der Waals surface area contributed by atoms with Gasteiger partial charge in [0.05, 0.1) is 5.56 Å². The van der Waals surface area contributed by atoms with Gasteiger partial charge in [-0.2, -0.15) is 0 Å². The Morgan fingerprint density at radius 3 is 2.57 bits per heavy atom. The van der Waals surface area contributed by atoms with Crippen LogP contribution in [0.3, 0.4) is 0 Å². The Labute approximate surface area is 125 Å². The van der Waals surface area contributed by atoms with Gasteiger partial charge in [0.15, 0.2) is 0 Å². The van der Waals surface area contributed by atoms with Crippen molar-refractivity contribution >= 4 is 11.7 Å². The minimum atomic E-state index is -0.891. The second-order valence-corrected chi connectivity index (χ2v) is 5.38. The molecule has 110 valence electrons. The van der Waals surface area contributed by atoms with Crippen LogP contribution in [0.4, 0.5) is 5.69 Å². The zero-order chi connectivity index (χ0) is 15.2. The van der Waals surface area contributed by atoms with E-state index in [9.17, 15) is 9.90 Å². The topological polar surface area (TPSA) is 49.3 Å². The van der Waals surface area contributed by atoms with Crippen LogP contribution in [0.5, 0.6) is 0 Å². The zero-order valence-corrected chi connectivity index (χ0v) is 12.5. The summed E-state index contributed by atoms with van der Waals surface area (Å²) in [6.45, 7) is 4.83. The molecule has 2 aromatic carbocycles. The maximum atomic E-state index is 11.3. The maximum absolute atomic E-state index is 11.3. The summed E-state index contributed by atoms with van der Waals surface area (Å²) in [7, 11) is 0. The zero-order valence-electron chi connectivity index (χ0n) is 12.5. The molecule has 1 unspecified atom stereocenters. The molecule has 0 aliphatic heterocycles. The van der Waals surface area contributed by atoms with Crippen LogP contribution in [-0.4, -0.2) is 17.6 Å². The van der Waals surface area contributed by atoms with Crippen molar-refractivity contribution in [2.45, 2.75) is 26.2 Å². The summed E-state index contributed by atoms with van der Waals surface area (Å²) in [5, 5.41) is 12.5. The summed E-state index contributed by atoms with van der Waals surface area (Å²) in [4.78, 5) is 11.3. The molecule has 0 radical (unpaired) electrons. The first-order valence-electron chi connectivity index (χ1n) is 7.20. The molecular formula is C18H21NO2. The highest BCUT2D eigenvalue weighted by Crippen LogP contribution is 2.21. The summed E-state index contributed by atoms with van der Waals surface area (Å²) in [5.74, 6) is -0.449. The molecular weight excluding hydrogens is 262 g/mol. The van der Waals surface area contributed by atoms with E-state index < -0.39 is 5.97 Å². The lowest BCUT2D eigenvalue weighted by molar-refractivity contribution is 0.0698. The van der Waals surface area contributed by atoms with Gasteiger partial charge in [0.1, 0.15) is 0 Å². The molecule has 0 fully saturated rings. The van der Waals surface area contributed by atoms with Crippen LogP contribution >= 0.6 is 0 Å². The second-order valence-electron chi connectivity index (χ2n) is 5.38. The quantitative estimate of drug-likeness (QED) is 0.831. The highest BCUT2D eigenvalue weighted by molar-refractivity contribution is 5.94. The van der Waals surface area contributed by atoms with Crippen LogP contribution in [0.2, 0.25) is 0 Å². The SMILES string of the molecule is Cc1ccc(NCCC(C)c2ccccc2)c(C(=O)O)c1. The number of carboxylic acids is 1. The first kappa shape index (κ1) is 15.1. The van der Waals surface area contributed by atoms with Crippen LogP contribution in [-0.2, 0) is 0 Å². The molecule has 0 saturated carbocycles. The van der Waals surface area contributed by atoms with Crippen molar-refractivity contribution in [3.8, 4) is 0 Å². The maximum Gasteiger partial charge on any atom is 0.337 e. The first-order valence-corrected chi connectivity index (χ1v) is 7.20. The Balaban J connectivity index is 1.96. The molecule has 0 amide bonds. The lowest BCUT2D eigenvalue weighted by atomic mass is 9.98. The normalized spacial score (nSPS) is 11.9. The van der Waals surface area contributed by atoms with E-state index in [1.807, 2.05) is 37.3 Å². The van der Waals surface area contributed by atoms with Gasteiger partial charge in [-0.15, -0.1) is 0 Å². The van der Waals surface area contributed by atoms with Crippen LogP contribution < -0.4 is 5.32 Å². The van der Waals surface area contributed by atoms with Gasteiger partial charge in [-0.1, -0.05) is 48.9 Å². The molecule has 0 heterocycles. The molecule has 2 aromatic rings. The van der Waals surface area contributed by atoms with E-state index in [-0.39, 0.29) is 0 Å². The van der Waals surface area contributed by atoms with Crippen molar-refractivity contribution < 1.29 is 9.90 Å². The van der Waals surface area contributed by atoms with Crippen molar-refractivity contribution in [1.82, 2.24) is 0 Å². The van der Waals surface area contributed by atoms with E-state index in [0.717, 1.165) is 18.5 Å². The second kappa shape index (κ2) is 6.93. The van der Waals surface area contributed by atoms with E-state index in [1.54, 1.807) is 6.07 Å². The molecule has 0 spiro atoms. The van der Waals surface area contributed by atoms with E-state index in [1.165, 1.54) is 5.56 Å². The minimum Gasteiger partial charge on any atom is -0.478 e. The fourth-order valence-electron chi connectivity index (χ4n) is 2.36. The average Bonchev–Trinajstić information content (AvgIpc) is 2.49. The molecule has 0 aliphatic rings. The Bertz CT molecular complexity index is 608. The molecule has 21 heavy (non-hydrogen) atoms. The number of nitrogens with one attached hydrogen (secondary N) is 1. The fraction of sp³-hybridized carbons (Fsp3) is 0.278. The predicted molar refractivity (Wildman–Crippen MR) is 86.1 cm³/mol. The van der Waals surface area contributed by atoms with Crippen molar-refractivity contribution in [3.63, 3.8) is 0 Å². The standard InChI is InChI=1S/C18H21NO2/c1-13-8-9-17(16(12-13)18(20)21)19-11-10-14(2)15-6-4-3-5-7-15/h3-9,12,14,19H,10-11H2,1-2H3,(H,20,21). The van der Waals surface area contributed by atoms with E-state index in [2.05, 4.69) is 24.4 Å². The highest BCUT2D eigenvalue weighted by atomic mass is 16.4. The van der Waals surface area contributed by atoms with Gasteiger partial charge in [-0.25, -0.2) is 4.79 Å². The van der Waals surface area contributed by atoms with Gasteiger partial charge in [-0.05, 0) is 37.0 Å². The van der Waals surface area contributed by atoms with Crippen molar-refractivity contribution in [2.75, 3.05) is 11.9 Å². The van der Waals surface area contributed by atoms with Crippen LogP contribution in [0, 0.1) is 6.92 Å². The molecule has 1 atom stereocenters. The number of benzene rings is 2. The number of carbonyl (C=O) groups is 1. The molecule has 0 aromatic heterocycles. The summed E-state index contributed by atoms with van der Waals surface area (Å²) >= 11 is 0. The van der Waals surface area contributed by atoms with Crippen molar-refractivity contribution in [1.29, 1.82) is 0 Å². The molecule has 3 nitrogen and oxygen atoms in total. The molecule has 3 heteroatoms. The van der Waals surface area contributed by atoms with E-state index in [0.29, 0.717) is 17.2 Å². The molecule has 2 rings (SSSR count). The third-order valence-electron chi connectivity index (χ3n) is 3.67. The number of aromatic carboxylic acids is 1. The van der Waals surface area contributed by atoms with Crippen LogP contribution in [0.15, 0.2) is 48.5 Å². The van der Waals surface area contributed by atoms with Gasteiger partial charge in [-0.3, -0.25) is 0 Å². The number of carboxylic acid groups (broad SMARTS) is 1. The highest BCUT2D eigenvalue weighted by Gasteiger charge is 2.10. The molecule has 0 aliphatic carbocycles. The van der Waals surface area contributed by atoms with Crippen LogP contribution in [0.25, 0.3) is 0 Å². The summed E-state index contributed by atoms with van der Waals surface area (Å²) < 4.78 is 0. The third-order valence-corrected chi connectivity index (χ3v) is 3.67. The largest absolute Gasteiger partial charge is 0.478 e. The Morgan fingerprint density at radius 1 is 1.19 bits per heavy atom. The minimum absolute atomic E-state index is 0.336. The van der Waals surface area contributed by atoms with E-state index in [4.69, 9.17) is 0 Å². The third kappa shape index (κ3) is 4.09. The van der Waals surface area contributed by atoms with Crippen LogP contribution in [0.1, 0.15) is 40.7 Å². The average molecular weight is 283 g/mol. The van der Waals surface area contributed by atoms with Gasteiger partial charge in [0.2, 0.25) is 0 Å². The van der Waals surface area contributed by atoms with Crippen molar-refractivity contribution in [3.05, 3.63) is 65.2 Å². The lowest BCUT2D eigenvalue weighted by Gasteiger charge is -2.14. The summed E-state index contributed by atoms with van der Waals surface area (Å²) in [6.07, 6.45) is 0.955. The number of hydrogen-bond donors (Lipinski definition) is 2.